The van der Waals surface area contributed by atoms with Crippen LogP contribution in [0.3, 0.4) is 0 Å². The topological polar surface area (TPSA) is 12.9 Å². The predicted molar refractivity (Wildman–Crippen MR) is 61.4 cm³/mol. The van der Waals surface area contributed by atoms with E-state index in [1.54, 1.807) is 11.3 Å². The molecule has 0 aliphatic rings. The van der Waals surface area contributed by atoms with Crippen LogP contribution in [0, 0.1) is 0 Å². The fourth-order valence-electron chi connectivity index (χ4n) is 1.16. The number of halogens is 1. The Bertz CT molecular complexity index is 433. The van der Waals surface area contributed by atoms with Crippen molar-refractivity contribution in [2.75, 3.05) is 0 Å². The molecular formula is C10H10BrNS. The van der Waals surface area contributed by atoms with Crippen LogP contribution in [-0.2, 0) is 0 Å². The van der Waals surface area contributed by atoms with E-state index in [0.717, 1.165) is 9.99 Å². The molecule has 3 heteroatoms. The van der Waals surface area contributed by atoms with Gasteiger partial charge in [-0.05, 0) is 18.2 Å². The molecule has 1 aromatic heterocycles. The first-order chi connectivity index (χ1) is 6.16. The van der Waals surface area contributed by atoms with Gasteiger partial charge in [-0.1, -0.05) is 29.8 Å². The molecular weight excluding hydrogens is 246 g/mol. The lowest BCUT2D eigenvalue weighted by molar-refractivity contribution is 0.857. The van der Waals surface area contributed by atoms with Gasteiger partial charge in [0.25, 0.3) is 0 Å². The number of hydrogen-bond donors (Lipinski definition) is 0. The maximum absolute atomic E-state index is 4.55. The normalized spacial score (nSPS) is 11.4. The van der Waals surface area contributed by atoms with Gasteiger partial charge in [-0.25, -0.2) is 4.98 Å². The van der Waals surface area contributed by atoms with E-state index in [-0.39, 0.29) is 0 Å². The maximum Gasteiger partial charge on any atom is 0.0963 e. The fourth-order valence-corrected chi connectivity index (χ4v) is 2.68. The van der Waals surface area contributed by atoms with Crippen LogP contribution in [0.15, 0.2) is 22.7 Å². The molecule has 2 aromatic rings. The van der Waals surface area contributed by atoms with Gasteiger partial charge in [0.2, 0.25) is 0 Å². The molecule has 1 aromatic carbocycles. The molecule has 0 saturated carbocycles. The van der Waals surface area contributed by atoms with Crippen molar-refractivity contribution in [3.05, 3.63) is 27.7 Å². The number of hydrogen-bond acceptors (Lipinski definition) is 2. The second-order valence-corrected chi connectivity index (χ2v) is 5.30. The summed E-state index contributed by atoms with van der Waals surface area (Å²) in [7, 11) is 0. The average molecular weight is 256 g/mol. The number of aromatic nitrogens is 1. The number of nitrogens with zero attached hydrogens (tertiary/aromatic N) is 1. The van der Waals surface area contributed by atoms with Crippen LogP contribution in [0.2, 0.25) is 0 Å². The van der Waals surface area contributed by atoms with Crippen LogP contribution in [0.1, 0.15) is 24.8 Å². The van der Waals surface area contributed by atoms with Crippen molar-refractivity contribution >= 4 is 37.5 Å². The van der Waals surface area contributed by atoms with Gasteiger partial charge in [-0.15, -0.1) is 11.3 Å². The molecule has 0 bridgehead atoms. The molecule has 1 nitrogen and oxygen atoms in total. The van der Waals surface area contributed by atoms with E-state index in [1.165, 1.54) is 9.71 Å². The summed E-state index contributed by atoms with van der Waals surface area (Å²) in [6.45, 7) is 4.35. The minimum Gasteiger partial charge on any atom is -0.241 e. The van der Waals surface area contributed by atoms with Crippen LogP contribution in [-0.4, -0.2) is 4.98 Å². The summed E-state index contributed by atoms with van der Waals surface area (Å²) in [5, 5.41) is 1.22. The van der Waals surface area contributed by atoms with Gasteiger partial charge in [0.1, 0.15) is 0 Å². The summed E-state index contributed by atoms with van der Waals surface area (Å²) >= 11 is 5.24. The third kappa shape index (κ3) is 1.76. The fraction of sp³-hybridized carbons (Fsp3) is 0.300. The minimum absolute atomic E-state index is 0.524. The summed E-state index contributed by atoms with van der Waals surface area (Å²) < 4.78 is 2.39. The molecule has 0 saturated heterocycles. The van der Waals surface area contributed by atoms with Gasteiger partial charge in [-0.2, -0.15) is 0 Å². The molecule has 0 atom stereocenters. The zero-order valence-corrected chi connectivity index (χ0v) is 9.95. The Morgan fingerprint density at radius 1 is 1.38 bits per heavy atom. The Kier molecular flexibility index (Phi) is 2.39. The Morgan fingerprint density at radius 3 is 2.85 bits per heavy atom. The molecule has 0 spiro atoms. The summed E-state index contributed by atoms with van der Waals surface area (Å²) in [5.74, 6) is 0.524. The zero-order chi connectivity index (χ0) is 9.42. The standard InChI is InChI=1S/C10H10BrNS/c1-6(2)10-12-8-4-3-7(11)5-9(8)13-10/h3-6H,1-2H3. The summed E-state index contributed by atoms with van der Waals surface area (Å²) in [6, 6.07) is 6.22. The Balaban J connectivity index is 2.62. The molecule has 13 heavy (non-hydrogen) atoms. The second kappa shape index (κ2) is 3.39. The highest BCUT2D eigenvalue weighted by atomic mass is 79.9. The van der Waals surface area contributed by atoms with Crippen LogP contribution in [0.4, 0.5) is 0 Å². The number of benzene rings is 1. The molecule has 0 aliphatic carbocycles. The summed E-state index contributed by atoms with van der Waals surface area (Å²) in [5.41, 5.74) is 1.11. The van der Waals surface area contributed by atoms with Crippen molar-refractivity contribution in [3.8, 4) is 0 Å². The summed E-state index contributed by atoms with van der Waals surface area (Å²) in [4.78, 5) is 4.55. The molecule has 0 fully saturated rings. The van der Waals surface area contributed by atoms with Crippen LogP contribution >= 0.6 is 27.3 Å². The summed E-state index contributed by atoms with van der Waals surface area (Å²) in [6.07, 6.45) is 0. The zero-order valence-electron chi connectivity index (χ0n) is 7.54. The molecule has 0 amide bonds. The van der Waals surface area contributed by atoms with Crippen molar-refractivity contribution in [1.29, 1.82) is 0 Å². The van der Waals surface area contributed by atoms with E-state index in [9.17, 15) is 0 Å². The van der Waals surface area contributed by atoms with Crippen LogP contribution in [0.25, 0.3) is 10.2 Å². The molecule has 0 N–H and O–H groups in total. The van der Waals surface area contributed by atoms with Gasteiger partial charge in [0.05, 0.1) is 15.2 Å². The maximum atomic E-state index is 4.55. The first-order valence-corrected chi connectivity index (χ1v) is 5.84. The van der Waals surface area contributed by atoms with E-state index in [0.29, 0.717) is 5.92 Å². The van der Waals surface area contributed by atoms with Gasteiger partial charge in [0, 0.05) is 10.4 Å². The van der Waals surface area contributed by atoms with Gasteiger partial charge >= 0.3 is 0 Å². The first kappa shape index (κ1) is 9.16. The molecule has 0 unspecified atom stereocenters. The van der Waals surface area contributed by atoms with Gasteiger partial charge in [-0.3, -0.25) is 0 Å². The Hall–Kier alpha value is -0.410. The first-order valence-electron chi connectivity index (χ1n) is 4.23. The number of rotatable bonds is 1. The van der Waals surface area contributed by atoms with E-state index >= 15 is 0 Å². The van der Waals surface area contributed by atoms with E-state index < -0.39 is 0 Å². The monoisotopic (exact) mass is 255 g/mol. The lowest BCUT2D eigenvalue weighted by Gasteiger charge is -1.94. The lowest BCUT2D eigenvalue weighted by atomic mass is 10.2. The van der Waals surface area contributed by atoms with Crippen molar-refractivity contribution in [2.45, 2.75) is 19.8 Å². The van der Waals surface area contributed by atoms with Crippen molar-refractivity contribution < 1.29 is 0 Å². The second-order valence-electron chi connectivity index (χ2n) is 3.32. The quantitative estimate of drug-likeness (QED) is 0.745. The van der Waals surface area contributed by atoms with E-state index in [4.69, 9.17) is 0 Å². The molecule has 0 radical (unpaired) electrons. The highest BCUT2D eigenvalue weighted by Gasteiger charge is 2.06. The van der Waals surface area contributed by atoms with E-state index in [1.807, 2.05) is 6.07 Å². The average Bonchev–Trinajstić information content (AvgIpc) is 2.46. The lowest BCUT2D eigenvalue weighted by Crippen LogP contribution is -1.82. The smallest absolute Gasteiger partial charge is 0.0963 e. The van der Waals surface area contributed by atoms with Gasteiger partial charge < -0.3 is 0 Å². The van der Waals surface area contributed by atoms with E-state index in [2.05, 4.69) is 46.9 Å². The predicted octanol–water partition coefficient (Wildman–Crippen LogP) is 4.18. The van der Waals surface area contributed by atoms with Crippen molar-refractivity contribution in [1.82, 2.24) is 4.98 Å². The van der Waals surface area contributed by atoms with Crippen LogP contribution < -0.4 is 0 Å². The molecule has 2 rings (SSSR count). The minimum atomic E-state index is 0.524. The largest absolute Gasteiger partial charge is 0.241 e. The molecule has 0 aliphatic heterocycles. The third-order valence-corrected chi connectivity index (χ3v) is 3.67. The highest BCUT2D eigenvalue weighted by Crippen LogP contribution is 2.29. The third-order valence-electron chi connectivity index (χ3n) is 1.86. The number of thiazole rings is 1. The Morgan fingerprint density at radius 2 is 2.15 bits per heavy atom. The highest BCUT2D eigenvalue weighted by molar-refractivity contribution is 9.10. The SMILES string of the molecule is CC(C)c1nc2ccc(Br)cc2s1. The van der Waals surface area contributed by atoms with Gasteiger partial charge in [0.15, 0.2) is 0 Å². The molecule has 68 valence electrons. The van der Waals surface area contributed by atoms with Crippen LogP contribution in [0.5, 0.6) is 0 Å². The van der Waals surface area contributed by atoms with Crippen molar-refractivity contribution in [3.63, 3.8) is 0 Å². The molecule has 1 heterocycles. The Labute approximate surface area is 89.9 Å². The number of fused-ring (bicyclic) bond motifs is 1. The van der Waals surface area contributed by atoms with Crippen molar-refractivity contribution in [2.24, 2.45) is 0 Å².